The molecule has 1 N–H and O–H groups in total. The molecule has 0 atom stereocenters. The molecule has 0 aliphatic heterocycles. The first-order valence-corrected chi connectivity index (χ1v) is 12.3. The molecular weight excluding hydrogens is 701 g/mol. The van der Waals surface area contributed by atoms with Gasteiger partial charge in [0.15, 0.2) is 11.6 Å². The van der Waals surface area contributed by atoms with Gasteiger partial charge in [-0.15, -0.1) is 0 Å². The Labute approximate surface area is 245 Å². The van der Waals surface area contributed by atoms with E-state index in [1.54, 1.807) is 0 Å². The fourth-order valence-electron chi connectivity index (χ4n) is 3.78. The number of ether oxygens (including phenoxy) is 1. The van der Waals surface area contributed by atoms with E-state index in [1.165, 1.54) is 0 Å². The highest BCUT2D eigenvalue weighted by Gasteiger charge is 2.73. The number of benzene rings is 3. The van der Waals surface area contributed by atoms with Crippen LogP contribution in [0.25, 0.3) is 0 Å². The van der Waals surface area contributed by atoms with Gasteiger partial charge in [0.05, 0.1) is 16.8 Å². The van der Waals surface area contributed by atoms with E-state index in [4.69, 9.17) is 0 Å². The van der Waals surface area contributed by atoms with E-state index in [1.807, 2.05) is 5.32 Å². The molecule has 0 fully saturated rings. The summed E-state index contributed by atoms with van der Waals surface area (Å²) in [6.45, 7) is -3.88. The van der Waals surface area contributed by atoms with Gasteiger partial charge in [-0.1, -0.05) is 22.0 Å². The van der Waals surface area contributed by atoms with Gasteiger partial charge in [-0.2, -0.15) is 48.3 Å². The normalized spacial score (nSPS) is 12.8. The van der Waals surface area contributed by atoms with Gasteiger partial charge in [0.25, 0.3) is 5.91 Å². The number of nitrogens with one attached hydrogen (secondary N) is 1. The molecule has 238 valence electrons. The molecule has 1 amide bonds. The topological polar surface area (TPSA) is 55.4 Å². The molecule has 0 aliphatic rings. The van der Waals surface area contributed by atoms with Gasteiger partial charge in [0.2, 0.25) is 0 Å². The summed E-state index contributed by atoms with van der Waals surface area (Å²) in [5.74, 6) is -5.35. The number of halogens is 14. The van der Waals surface area contributed by atoms with Crippen molar-refractivity contribution in [2.75, 3.05) is 5.32 Å². The number of hydrogen-bond donors (Lipinski definition) is 1. The maximum absolute atomic E-state index is 15.2. The Balaban J connectivity index is 1.97. The number of alkyl halides is 12. The third-order valence-corrected chi connectivity index (χ3v) is 6.62. The Morgan fingerprint density at radius 1 is 0.818 bits per heavy atom. The fraction of sp³-hybridized carbons (Fsp3) is 0.231. The van der Waals surface area contributed by atoms with Gasteiger partial charge in [0.1, 0.15) is 5.75 Å². The first kappa shape index (κ1) is 34.7. The van der Waals surface area contributed by atoms with Crippen molar-refractivity contribution in [2.45, 2.75) is 37.2 Å². The first-order valence-electron chi connectivity index (χ1n) is 11.5. The third-order valence-electron chi connectivity index (χ3n) is 5.91. The highest BCUT2D eigenvalue weighted by molar-refractivity contribution is 9.10. The summed E-state index contributed by atoms with van der Waals surface area (Å²) in [5, 5.41) is 2.01. The van der Waals surface area contributed by atoms with Crippen molar-refractivity contribution < 1.29 is 71.4 Å². The first-order chi connectivity index (χ1) is 20.1. The Morgan fingerprint density at radius 2 is 1.39 bits per heavy atom. The summed E-state index contributed by atoms with van der Waals surface area (Å²) in [7, 11) is 0. The van der Waals surface area contributed by atoms with E-state index in [-0.39, 0.29) is 17.7 Å². The van der Waals surface area contributed by atoms with E-state index in [0.717, 1.165) is 30.3 Å². The molecular formula is C26H13BrF13NO3. The van der Waals surface area contributed by atoms with Gasteiger partial charge in [-0.25, -0.2) is 8.78 Å². The number of Topliss-reactive ketones (excluding diaryl/α,β-unsaturated/α-hetero) is 1. The van der Waals surface area contributed by atoms with E-state index < -0.39 is 92.9 Å². The molecule has 44 heavy (non-hydrogen) atoms. The number of anilines is 1. The Hall–Kier alpha value is -3.83. The van der Waals surface area contributed by atoms with Crippen molar-refractivity contribution >= 4 is 33.3 Å². The molecule has 0 unspecified atom stereocenters. The molecule has 0 aromatic heterocycles. The average molecular weight is 714 g/mol. The molecule has 0 saturated carbocycles. The van der Waals surface area contributed by atoms with Crippen LogP contribution in [0.4, 0.5) is 62.8 Å². The number of carbonyl (C=O) groups excluding carboxylic acids is 2. The van der Waals surface area contributed by atoms with E-state index >= 15 is 4.39 Å². The minimum Gasteiger partial charge on any atom is -0.434 e. The Bertz CT molecular complexity index is 1530. The zero-order valence-electron chi connectivity index (χ0n) is 21.0. The maximum atomic E-state index is 15.2. The van der Waals surface area contributed by atoms with Crippen LogP contribution in [0.1, 0.15) is 37.4 Å². The van der Waals surface area contributed by atoms with Gasteiger partial charge >= 0.3 is 30.8 Å². The van der Waals surface area contributed by atoms with Crippen LogP contribution in [-0.2, 0) is 18.3 Å². The summed E-state index contributed by atoms with van der Waals surface area (Å²) in [5.41, 5.74) is -12.1. The SMILES string of the molecule is O=C(Nc1cccc(C(=O)Cc2c(Br)cc(C(F)(C(F)(F)F)C(F)(F)F)cc2OC(F)F)c1F)c1ccc(C(F)(F)F)cc1. The van der Waals surface area contributed by atoms with Crippen LogP contribution in [0.15, 0.2) is 59.1 Å². The highest BCUT2D eigenvalue weighted by atomic mass is 79.9. The van der Waals surface area contributed by atoms with Crippen LogP contribution >= 0.6 is 15.9 Å². The number of hydrogen-bond acceptors (Lipinski definition) is 3. The smallest absolute Gasteiger partial charge is 0.434 e. The standard InChI is InChI=1S/C26H13BrF13NO3/c27-16-8-13(23(31,25(35,36)37)26(38,39)40)9-19(44-22(29)30)15(16)10-18(42)14-2-1-3-17(20(14)28)41-21(43)11-4-6-12(7-5-11)24(32,33)34/h1-9,22H,10H2,(H,41,43). The molecule has 3 rings (SSSR count). The van der Waals surface area contributed by atoms with Crippen molar-refractivity contribution in [1.29, 1.82) is 0 Å². The van der Waals surface area contributed by atoms with Gasteiger partial charge in [0, 0.05) is 27.6 Å². The number of amides is 1. The minimum absolute atomic E-state index is 0.0566. The number of carbonyl (C=O) groups is 2. The monoisotopic (exact) mass is 713 g/mol. The van der Waals surface area contributed by atoms with Crippen molar-refractivity contribution in [1.82, 2.24) is 0 Å². The number of ketones is 1. The van der Waals surface area contributed by atoms with E-state index in [0.29, 0.717) is 12.1 Å². The van der Waals surface area contributed by atoms with Crippen molar-refractivity contribution in [2.24, 2.45) is 0 Å². The second kappa shape index (κ2) is 12.3. The largest absolute Gasteiger partial charge is 0.435 e. The lowest BCUT2D eigenvalue weighted by atomic mass is 9.91. The maximum Gasteiger partial charge on any atom is 0.435 e. The summed E-state index contributed by atoms with van der Waals surface area (Å²) in [6, 6.07) is 5.09. The van der Waals surface area contributed by atoms with Crippen LogP contribution in [0.5, 0.6) is 5.75 Å². The summed E-state index contributed by atoms with van der Waals surface area (Å²) >= 11 is 2.52. The molecule has 3 aromatic carbocycles. The lowest BCUT2D eigenvalue weighted by molar-refractivity contribution is -0.348. The molecule has 0 spiro atoms. The van der Waals surface area contributed by atoms with Crippen LogP contribution in [0.3, 0.4) is 0 Å². The van der Waals surface area contributed by atoms with Gasteiger partial charge in [-0.3, -0.25) is 9.59 Å². The second-order valence-electron chi connectivity index (χ2n) is 8.76. The molecule has 3 aromatic rings. The predicted octanol–water partition coefficient (Wildman–Crippen LogP) is 9.18. The molecule has 18 heteroatoms. The van der Waals surface area contributed by atoms with Gasteiger partial charge < -0.3 is 10.1 Å². The lowest BCUT2D eigenvalue weighted by Gasteiger charge is -2.31. The highest BCUT2D eigenvalue weighted by Crippen LogP contribution is 2.54. The van der Waals surface area contributed by atoms with Crippen molar-refractivity contribution in [3.63, 3.8) is 0 Å². The summed E-state index contributed by atoms with van der Waals surface area (Å²) in [4.78, 5) is 25.3. The molecule has 4 nitrogen and oxygen atoms in total. The van der Waals surface area contributed by atoms with Crippen LogP contribution in [-0.4, -0.2) is 30.7 Å². The average Bonchev–Trinajstić information content (AvgIpc) is 2.89. The zero-order valence-corrected chi connectivity index (χ0v) is 22.6. The lowest BCUT2D eigenvalue weighted by Crippen LogP contribution is -2.50. The molecule has 0 bridgehead atoms. The van der Waals surface area contributed by atoms with Gasteiger partial charge in [-0.05, 0) is 48.5 Å². The third kappa shape index (κ3) is 7.10. The molecule has 0 aliphatic carbocycles. The quantitative estimate of drug-likeness (QED) is 0.187. The fourth-order valence-corrected chi connectivity index (χ4v) is 4.36. The van der Waals surface area contributed by atoms with E-state index in [2.05, 4.69) is 20.7 Å². The van der Waals surface area contributed by atoms with Crippen LogP contribution < -0.4 is 10.1 Å². The van der Waals surface area contributed by atoms with Crippen molar-refractivity contribution in [3.05, 3.63) is 92.7 Å². The second-order valence-corrected chi connectivity index (χ2v) is 9.62. The molecule has 0 radical (unpaired) electrons. The molecule has 0 saturated heterocycles. The summed E-state index contributed by atoms with van der Waals surface area (Å²) in [6.07, 6.45) is -19.1. The van der Waals surface area contributed by atoms with Crippen LogP contribution in [0.2, 0.25) is 0 Å². The minimum atomic E-state index is -6.61. The van der Waals surface area contributed by atoms with Crippen molar-refractivity contribution in [3.8, 4) is 5.75 Å². The summed E-state index contributed by atoms with van der Waals surface area (Å²) < 4.78 is 176. The Kier molecular flexibility index (Phi) is 9.67. The predicted molar refractivity (Wildman–Crippen MR) is 130 cm³/mol. The Morgan fingerprint density at radius 3 is 1.89 bits per heavy atom. The molecule has 0 heterocycles. The number of rotatable bonds is 8. The van der Waals surface area contributed by atoms with E-state index in [9.17, 15) is 62.3 Å². The zero-order chi connectivity index (χ0) is 33.4. The van der Waals surface area contributed by atoms with Crippen LogP contribution in [0, 0.1) is 5.82 Å².